The first kappa shape index (κ1) is 25.4. The van der Waals surface area contributed by atoms with Crippen molar-refractivity contribution in [3.8, 4) is 0 Å². The van der Waals surface area contributed by atoms with Crippen LogP contribution in [0, 0.1) is 0 Å². The van der Waals surface area contributed by atoms with E-state index in [4.69, 9.17) is 9.73 Å². The summed E-state index contributed by atoms with van der Waals surface area (Å²) >= 11 is 0. The average Bonchev–Trinajstić information content (AvgIpc) is 2.98. The molecule has 2 heterocycles. The van der Waals surface area contributed by atoms with Gasteiger partial charge in [0.2, 0.25) is 0 Å². The second-order valence-electron chi connectivity index (χ2n) is 8.16. The van der Waals surface area contributed by atoms with Crippen LogP contribution >= 0.6 is 24.0 Å². The third-order valence-corrected chi connectivity index (χ3v) is 7.10. The Morgan fingerprint density at radius 3 is 2.47 bits per heavy atom. The summed E-state index contributed by atoms with van der Waals surface area (Å²) in [6.45, 7) is 10.3. The SMILES string of the molecule is CCNC(=NCc1ccccc1CN1CC(C)OC(C)C1)NC1CCS(=O)(=O)C1.I. The van der Waals surface area contributed by atoms with E-state index in [0.717, 1.165) is 26.2 Å². The maximum atomic E-state index is 11.7. The van der Waals surface area contributed by atoms with E-state index in [1.807, 2.05) is 13.0 Å². The Balaban J connectivity index is 0.00000320. The van der Waals surface area contributed by atoms with Gasteiger partial charge in [-0.3, -0.25) is 4.90 Å². The number of aliphatic imine (C=N–C) groups is 1. The van der Waals surface area contributed by atoms with Crippen LogP contribution < -0.4 is 10.6 Å². The van der Waals surface area contributed by atoms with Gasteiger partial charge in [0.05, 0.1) is 30.3 Å². The molecular formula is C21H35IN4O3S. The minimum absolute atomic E-state index is 0. The highest BCUT2D eigenvalue weighted by Gasteiger charge is 2.28. The van der Waals surface area contributed by atoms with Crippen molar-refractivity contribution in [1.29, 1.82) is 0 Å². The fourth-order valence-corrected chi connectivity index (χ4v) is 5.78. The molecule has 0 radical (unpaired) electrons. The number of hydrogen-bond donors (Lipinski definition) is 2. The second-order valence-corrected chi connectivity index (χ2v) is 10.4. The Kier molecular flexibility index (Phi) is 9.83. The Labute approximate surface area is 198 Å². The Morgan fingerprint density at radius 2 is 1.87 bits per heavy atom. The lowest BCUT2D eigenvalue weighted by Crippen LogP contribution is -2.45. The normalized spacial score (nSPS) is 26.8. The summed E-state index contributed by atoms with van der Waals surface area (Å²) in [7, 11) is -2.92. The lowest BCUT2D eigenvalue weighted by atomic mass is 10.1. The van der Waals surface area contributed by atoms with Crippen LogP contribution in [0.5, 0.6) is 0 Å². The monoisotopic (exact) mass is 550 g/mol. The molecule has 9 heteroatoms. The van der Waals surface area contributed by atoms with Crippen molar-refractivity contribution in [3.63, 3.8) is 0 Å². The molecule has 0 amide bonds. The minimum Gasteiger partial charge on any atom is -0.373 e. The van der Waals surface area contributed by atoms with E-state index in [-0.39, 0.29) is 53.7 Å². The number of ether oxygens (including phenoxy) is 1. The van der Waals surface area contributed by atoms with Gasteiger partial charge in [-0.15, -0.1) is 24.0 Å². The zero-order chi connectivity index (χ0) is 20.9. The summed E-state index contributed by atoms with van der Waals surface area (Å²) in [6.07, 6.45) is 1.13. The van der Waals surface area contributed by atoms with Crippen LogP contribution in [-0.4, -0.2) is 68.7 Å². The number of nitrogens with zero attached hydrogens (tertiary/aromatic N) is 2. The molecule has 0 bridgehead atoms. The summed E-state index contributed by atoms with van der Waals surface area (Å²) in [5.74, 6) is 1.11. The van der Waals surface area contributed by atoms with Crippen molar-refractivity contribution in [2.45, 2.75) is 58.5 Å². The predicted octanol–water partition coefficient (Wildman–Crippen LogP) is 2.16. The molecule has 3 unspecified atom stereocenters. The van der Waals surface area contributed by atoms with E-state index in [2.05, 4.69) is 47.6 Å². The van der Waals surface area contributed by atoms with E-state index in [1.54, 1.807) is 0 Å². The average molecular weight is 551 g/mol. The molecule has 2 N–H and O–H groups in total. The van der Waals surface area contributed by atoms with Crippen molar-refractivity contribution in [1.82, 2.24) is 15.5 Å². The van der Waals surface area contributed by atoms with Gasteiger partial charge in [-0.2, -0.15) is 0 Å². The van der Waals surface area contributed by atoms with Crippen molar-refractivity contribution >= 4 is 39.8 Å². The van der Waals surface area contributed by atoms with Crippen LogP contribution in [0.4, 0.5) is 0 Å². The second kappa shape index (κ2) is 11.6. The number of sulfone groups is 1. The third kappa shape index (κ3) is 7.65. The number of guanidine groups is 1. The highest BCUT2D eigenvalue weighted by atomic mass is 127. The van der Waals surface area contributed by atoms with Gasteiger partial charge in [-0.1, -0.05) is 24.3 Å². The van der Waals surface area contributed by atoms with E-state index < -0.39 is 9.84 Å². The van der Waals surface area contributed by atoms with Gasteiger partial charge in [0.1, 0.15) is 0 Å². The van der Waals surface area contributed by atoms with Crippen LogP contribution in [0.25, 0.3) is 0 Å². The van der Waals surface area contributed by atoms with Crippen molar-refractivity contribution in [2.24, 2.45) is 4.99 Å². The number of nitrogens with one attached hydrogen (secondary N) is 2. The predicted molar refractivity (Wildman–Crippen MR) is 132 cm³/mol. The third-order valence-electron chi connectivity index (χ3n) is 5.33. The van der Waals surface area contributed by atoms with Crippen molar-refractivity contribution in [2.75, 3.05) is 31.1 Å². The van der Waals surface area contributed by atoms with Crippen LogP contribution in [0.3, 0.4) is 0 Å². The molecule has 2 aliphatic rings. The molecule has 0 aromatic heterocycles. The van der Waals surface area contributed by atoms with Crippen LogP contribution in [-0.2, 0) is 27.7 Å². The molecule has 1 aromatic rings. The summed E-state index contributed by atoms with van der Waals surface area (Å²) in [6, 6.07) is 8.34. The first-order valence-electron chi connectivity index (χ1n) is 10.5. The molecule has 2 saturated heterocycles. The number of hydrogen-bond acceptors (Lipinski definition) is 5. The highest BCUT2D eigenvalue weighted by molar-refractivity contribution is 14.0. The lowest BCUT2D eigenvalue weighted by Gasteiger charge is -2.35. The van der Waals surface area contributed by atoms with E-state index in [1.165, 1.54) is 11.1 Å². The molecule has 2 aliphatic heterocycles. The Morgan fingerprint density at radius 1 is 1.20 bits per heavy atom. The highest BCUT2D eigenvalue weighted by Crippen LogP contribution is 2.18. The van der Waals surface area contributed by atoms with Gasteiger partial charge >= 0.3 is 0 Å². The molecule has 3 atom stereocenters. The lowest BCUT2D eigenvalue weighted by molar-refractivity contribution is -0.0705. The maximum absolute atomic E-state index is 11.7. The number of halogens is 1. The topological polar surface area (TPSA) is 83.0 Å². The van der Waals surface area contributed by atoms with Gasteiger partial charge in [0.25, 0.3) is 0 Å². The zero-order valence-corrected chi connectivity index (χ0v) is 21.3. The molecule has 3 rings (SSSR count). The van der Waals surface area contributed by atoms with Gasteiger partial charge in [0, 0.05) is 32.2 Å². The Bertz CT molecular complexity index is 808. The first-order valence-corrected chi connectivity index (χ1v) is 12.4. The summed E-state index contributed by atoms with van der Waals surface area (Å²) in [5, 5.41) is 6.52. The van der Waals surface area contributed by atoms with E-state index >= 15 is 0 Å². The summed E-state index contributed by atoms with van der Waals surface area (Å²) in [4.78, 5) is 7.17. The molecule has 7 nitrogen and oxygen atoms in total. The Hall–Kier alpha value is -0.910. The summed E-state index contributed by atoms with van der Waals surface area (Å²) in [5.41, 5.74) is 2.47. The van der Waals surface area contributed by atoms with Crippen molar-refractivity contribution in [3.05, 3.63) is 35.4 Å². The summed E-state index contributed by atoms with van der Waals surface area (Å²) < 4.78 is 29.3. The minimum atomic E-state index is -2.92. The fourth-order valence-electron chi connectivity index (χ4n) is 4.11. The molecular weight excluding hydrogens is 515 g/mol. The molecule has 0 aliphatic carbocycles. The van der Waals surface area contributed by atoms with E-state index in [9.17, 15) is 8.42 Å². The van der Waals surface area contributed by atoms with Gasteiger partial charge in [0.15, 0.2) is 15.8 Å². The van der Waals surface area contributed by atoms with Crippen LogP contribution in [0.2, 0.25) is 0 Å². The smallest absolute Gasteiger partial charge is 0.191 e. The molecule has 2 fully saturated rings. The van der Waals surface area contributed by atoms with Crippen molar-refractivity contribution < 1.29 is 13.2 Å². The quantitative estimate of drug-likeness (QED) is 0.321. The maximum Gasteiger partial charge on any atom is 0.191 e. The number of benzene rings is 1. The fraction of sp³-hybridized carbons (Fsp3) is 0.667. The van der Waals surface area contributed by atoms with Crippen LogP contribution in [0.15, 0.2) is 29.3 Å². The molecule has 0 spiro atoms. The van der Waals surface area contributed by atoms with Gasteiger partial charge in [-0.05, 0) is 38.3 Å². The number of morpholine rings is 1. The number of rotatable bonds is 6. The molecule has 30 heavy (non-hydrogen) atoms. The molecule has 0 saturated carbocycles. The first-order chi connectivity index (χ1) is 13.8. The van der Waals surface area contributed by atoms with Gasteiger partial charge in [-0.25, -0.2) is 13.4 Å². The van der Waals surface area contributed by atoms with E-state index in [0.29, 0.717) is 18.9 Å². The zero-order valence-electron chi connectivity index (χ0n) is 18.1. The van der Waals surface area contributed by atoms with Crippen LogP contribution in [0.1, 0.15) is 38.3 Å². The van der Waals surface area contributed by atoms with Gasteiger partial charge < -0.3 is 15.4 Å². The molecule has 170 valence electrons. The largest absolute Gasteiger partial charge is 0.373 e. The standard InChI is InChI=1S/C21H34N4O3S.HI/c1-4-22-21(24-20-9-10-29(26,27)15-20)23-11-18-7-5-6-8-19(18)14-25-12-16(2)28-17(3)13-25;/h5-8,16-17,20H,4,9-15H2,1-3H3,(H2,22,23,24);1H. The molecule has 1 aromatic carbocycles.